The van der Waals surface area contributed by atoms with Gasteiger partial charge >= 0.3 is 6.18 Å². The van der Waals surface area contributed by atoms with Crippen LogP contribution in [0.25, 0.3) is 5.69 Å². The average Bonchev–Trinajstić information content (AvgIpc) is 2.97. The number of amides is 1. The monoisotopic (exact) mass is 638 g/mol. The Morgan fingerprint density at radius 1 is 1.18 bits per heavy atom. The van der Waals surface area contributed by atoms with Crippen LogP contribution in [0, 0.1) is 5.82 Å². The Hall–Kier alpha value is -3.62. The lowest BCUT2D eigenvalue weighted by Gasteiger charge is -2.52. The van der Waals surface area contributed by atoms with E-state index in [9.17, 15) is 22.8 Å². The second-order valence-electron chi connectivity index (χ2n) is 11.0. The molecule has 1 atom stereocenters. The smallest absolute Gasteiger partial charge is 0.396 e. The van der Waals surface area contributed by atoms with Gasteiger partial charge in [0, 0.05) is 57.9 Å². The van der Waals surface area contributed by atoms with Crippen LogP contribution in [0.15, 0.2) is 40.6 Å². The third-order valence-electron chi connectivity index (χ3n) is 8.63. The molecular weight excluding hydrogens is 604 g/mol. The minimum Gasteiger partial charge on any atom is -0.396 e. The number of rotatable bonds is 6. The first-order chi connectivity index (χ1) is 20.8. The average molecular weight is 639 g/mol. The van der Waals surface area contributed by atoms with Crippen molar-refractivity contribution in [2.45, 2.75) is 32.2 Å². The third-order valence-corrected chi connectivity index (χ3v) is 8.96. The van der Waals surface area contributed by atoms with E-state index in [0.29, 0.717) is 45.2 Å². The normalized spacial score (nSPS) is 19.6. The highest BCUT2D eigenvalue weighted by atomic mass is 35.5. The van der Waals surface area contributed by atoms with Crippen LogP contribution in [0.3, 0.4) is 0 Å². The Kier molecular flexibility index (Phi) is 8.71. The number of piperazine rings is 1. The zero-order valence-corrected chi connectivity index (χ0v) is 25.5. The Bertz CT molecular complexity index is 1540. The minimum absolute atomic E-state index is 0.0233. The van der Waals surface area contributed by atoms with Gasteiger partial charge in [-0.2, -0.15) is 13.2 Å². The fraction of sp³-hybridized carbons (Fsp3) is 0.483. The highest BCUT2D eigenvalue weighted by molar-refractivity contribution is 6.33. The number of carbonyl (C=O) groups excluding carboxylic acids is 1. The molecule has 0 radical (unpaired) electrons. The van der Waals surface area contributed by atoms with E-state index in [1.807, 2.05) is 9.80 Å². The second-order valence-corrected chi connectivity index (χ2v) is 11.4. The van der Waals surface area contributed by atoms with Crippen LogP contribution in [-0.2, 0) is 11.0 Å². The zero-order valence-electron chi connectivity index (χ0n) is 24.7. The second kappa shape index (κ2) is 12.1. The number of nitrogens with zero attached hydrogens (tertiary/aromatic N) is 7. The van der Waals surface area contributed by atoms with E-state index in [1.165, 1.54) is 6.08 Å². The van der Waals surface area contributed by atoms with Gasteiger partial charge in [-0.05, 0) is 37.4 Å². The number of likely N-dealkylation sites (tertiary alicyclic amines) is 1. The summed E-state index contributed by atoms with van der Waals surface area (Å²) in [6, 6.07) is 3.07. The summed E-state index contributed by atoms with van der Waals surface area (Å²) in [5, 5.41) is -0.198. The number of carbonyl (C=O) groups is 1. The van der Waals surface area contributed by atoms with Crippen LogP contribution in [0.5, 0.6) is 0 Å². The quantitative estimate of drug-likeness (QED) is 0.294. The molecule has 238 valence electrons. The number of nitrogens with two attached hydrogens (primary N) is 1. The number of guanidine groups is 1. The van der Waals surface area contributed by atoms with Crippen LogP contribution >= 0.6 is 11.6 Å². The van der Waals surface area contributed by atoms with Gasteiger partial charge in [-0.3, -0.25) is 24.0 Å². The molecule has 2 N–H and O–H groups in total. The molecule has 15 heteroatoms. The molecule has 1 unspecified atom stereocenters. The molecule has 2 fully saturated rings. The largest absolute Gasteiger partial charge is 0.431 e. The molecule has 0 bridgehead atoms. The summed E-state index contributed by atoms with van der Waals surface area (Å²) in [7, 11) is 1.73. The van der Waals surface area contributed by atoms with E-state index < -0.39 is 40.8 Å². The van der Waals surface area contributed by atoms with E-state index in [2.05, 4.69) is 30.3 Å². The molecular formula is C29H35ClF4N8O2. The highest BCUT2D eigenvalue weighted by Crippen LogP contribution is 2.42. The summed E-state index contributed by atoms with van der Waals surface area (Å²) in [6.45, 7) is 11.9. The number of halogens is 5. The van der Waals surface area contributed by atoms with Crippen molar-refractivity contribution in [3.63, 3.8) is 0 Å². The molecule has 3 aliphatic rings. The van der Waals surface area contributed by atoms with Crippen molar-refractivity contribution < 1.29 is 22.4 Å². The lowest BCUT2D eigenvalue weighted by Crippen LogP contribution is -2.65. The number of aromatic nitrogens is 1. The van der Waals surface area contributed by atoms with Crippen molar-refractivity contribution in [1.82, 2.24) is 29.1 Å². The van der Waals surface area contributed by atoms with Crippen LogP contribution in [0.4, 0.5) is 28.9 Å². The summed E-state index contributed by atoms with van der Waals surface area (Å²) >= 11 is 6.07. The molecule has 5 rings (SSSR count). The molecule has 0 spiro atoms. The van der Waals surface area contributed by atoms with Crippen molar-refractivity contribution in [1.29, 1.82) is 0 Å². The van der Waals surface area contributed by atoms with E-state index in [-0.39, 0.29) is 32.8 Å². The maximum Gasteiger partial charge on any atom is 0.431 e. The number of nitrogen functional groups attached to an aromatic ring is 1. The van der Waals surface area contributed by atoms with Crippen molar-refractivity contribution >= 4 is 34.8 Å². The molecule has 1 aromatic heterocycles. The maximum absolute atomic E-state index is 15.1. The number of anilines is 1. The number of pyridine rings is 1. The Labute approximate surface area is 257 Å². The summed E-state index contributed by atoms with van der Waals surface area (Å²) < 4.78 is 59.4. The number of fused-ring (bicyclic) bond motifs is 1. The van der Waals surface area contributed by atoms with Gasteiger partial charge in [-0.15, -0.1) is 0 Å². The molecule has 1 amide bonds. The Morgan fingerprint density at radius 3 is 2.39 bits per heavy atom. The van der Waals surface area contributed by atoms with Gasteiger partial charge in [0.25, 0.3) is 5.56 Å². The van der Waals surface area contributed by atoms with Gasteiger partial charge in [-0.25, -0.2) is 9.38 Å². The fourth-order valence-electron chi connectivity index (χ4n) is 6.28. The number of alkyl halides is 3. The molecule has 10 nitrogen and oxygen atoms in total. The van der Waals surface area contributed by atoms with E-state index in [0.717, 1.165) is 31.3 Å². The first-order valence-corrected chi connectivity index (χ1v) is 14.8. The zero-order chi connectivity index (χ0) is 32.1. The van der Waals surface area contributed by atoms with Crippen molar-refractivity contribution in [2.75, 3.05) is 65.1 Å². The molecule has 2 aromatic rings. The van der Waals surface area contributed by atoms with Crippen LogP contribution in [-0.4, -0.2) is 106 Å². The molecule has 1 aromatic carbocycles. The van der Waals surface area contributed by atoms with E-state index >= 15 is 4.39 Å². The predicted octanol–water partition coefficient (Wildman–Crippen LogP) is 3.52. The summed E-state index contributed by atoms with van der Waals surface area (Å²) in [6.07, 6.45) is -4.67. The van der Waals surface area contributed by atoms with Gasteiger partial charge < -0.3 is 20.4 Å². The highest BCUT2D eigenvalue weighted by Gasteiger charge is 2.45. The first kappa shape index (κ1) is 31.8. The van der Waals surface area contributed by atoms with E-state index in [4.69, 9.17) is 17.3 Å². The molecule has 4 heterocycles. The number of hydrogen-bond acceptors (Lipinski definition) is 8. The number of benzene rings is 1. The van der Waals surface area contributed by atoms with E-state index in [1.54, 1.807) is 16.8 Å². The number of likely N-dealkylation sites (N-methyl/N-ethyl adjacent to an activating group) is 1. The van der Waals surface area contributed by atoms with Gasteiger partial charge in [0.05, 0.1) is 10.7 Å². The summed E-state index contributed by atoms with van der Waals surface area (Å²) in [4.78, 5) is 40.5. The van der Waals surface area contributed by atoms with Crippen molar-refractivity contribution in [3.8, 4) is 5.69 Å². The summed E-state index contributed by atoms with van der Waals surface area (Å²) in [5.74, 6) is -0.963. The van der Waals surface area contributed by atoms with Crippen LogP contribution in [0.2, 0.25) is 5.02 Å². The number of aliphatic imine (C=N–C) groups is 1. The molecule has 44 heavy (non-hydrogen) atoms. The topological polar surface area (TPSA) is 93.6 Å². The molecule has 3 aliphatic heterocycles. The van der Waals surface area contributed by atoms with Crippen molar-refractivity contribution in [3.05, 3.63) is 63.3 Å². The van der Waals surface area contributed by atoms with Crippen LogP contribution in [0.1, 0.15) is 31.3 Å². The predicted molar refractivity (Wildman–Crippen MR) is 161 cm³/mol. The fourth-order valence-corrected chi connectivity index (χ4v) is 6.43. The van der Waals surface area contributed by atoms with Gasteiger partial charge in [0.2, 0.25) is 11.9 Å². The Morgan fingerprint density at radius 2 is 1.82 bits per heavy atom. The molecule has 0 aliphatic carbocycles. The molecule has 0 saturated carbocycles. The lowest BCUT2D eigenvalue weighted by atomic mass is 10.0. The lowest BCUT2D eigenvalue weighted by molar-refractivity contribution is -0.143. The molecule has 2 saturated heterocycles. The van der Waals surface area contributed by atoms with Gasteiger partial charge in [-0.1, -0.05) is 32.0 Å². The number of hydrogen-bond donors (Lipinski definition) is 1. The maximum atomic E-state index is 15.1. The van der Waals surface area contributed by atoms with Crippen LogP contribution < -0.4 is 11.3 Å². The standard InChI is InChI=1S/C29H35ClF4N8O2/c1-5-22(43)39-10-12-40(13-11-39)26-18-14-21(29(32,33)34)42(25-20(31)9-8-19(30)23(25)35)27(44)24(18)36-28(37(26)4)41-15-17(16-41)38(6-2)7-3/h5,8-9,14,17,26H,1,6-7,10-13,15-16,35H2,2-4H3. The van der Waals surface area contributed by atoms with Gasteiger partial charge in [0.1, 0.15) is 29.1 Å². The van der Waals surface area contributed by atoms with Gasteiger partial charge in [0.15, 0.2) is 0 Å². The third kappa shape index (κ3) is 5.43. The summed E-state index contributed by atoms with van der Waals surface area (Å²) in [5.41, 5.74) is 1.88. The minimum atomic E-state index is -5.06. The SMILES string of the molecule is C=CC(=O)N1CCN(C2c3cc(C(F)(F)F)n(-c4c(F)ccc(Cl)c4N)c(=O)c3N=C(N3CC(N(CC)CC)C3)N2C)CC1. The Balaban J connectivity index is 1.68. The first-order valence-electron chi connectivity index (χ1n) is 14.4. The van der Waals surface area contributed by atoms with Crippen molar-refractivity contribution in [2.24, 2.45) is 4.99 Å².